The van der Waals surface area contributed by atoms with Gasteiger partial charge in [0.2, 0.25) is 0 Å². The second kappa shape index (κ2) is 4.89. The minimum atomic E-state index is 0.665. The molecule has 90 valence electrons. The van der Waals surface area contributed by atoms with Gasteiger partial charge < -0.3 is 0 Å². The van der Waals surface area contributed by atoms with Crippen LogP contribution in [-0.4, -0.2) is 0 Å². The molecule has 0 N–H and O–H groups in total. The first-order chi connectivity index (χ1) is 6.90. The molecule has 0 aromatic heterocycles. The largest absolute Gasteiger partial charge is 0.0628 e. The quantitative estimate of drug-likeness (QED) is 0.533. The zero-order chi connectivity index (χ0) is 11.6. The third-order valence-corrected chi connectivity index (χ3v) is 5.33. The molecule has 1 saturated carbocycles. The van der Waals surface area contributed by atoms with Crippen LogP contribution >= 0.6 is 0 Å². The molecule has 1 rings (SSSR count). The monoisotopic (exact) mass is 210 g/mol. The molecule has 0 heterocycles. The van der Waals surface area contributed by atoms with Gasteiger partial charge in [0.25, 0.3) is 0 Å². The van der Waals surface area contributed by atoms with Crippen molar-refractivity contribution in [1.29, 1.82) is 0 Å². The van der Waals surface area contributed by atoms with Crippen LogP contribution in [0.3, 0.4) is 0 Å². The molecule has 0 heteroatoms. The van der Waals surface area contributed by atoms with Crippen LogP contribution in [0.25, 0.3) is 0 Å². The van der Waals surface area contributed by atoms with Gasteiger partial charge in [0.1, 0.15) is 0 Å². The van der Waals surface area contributed by atoms with E-state index in [0.717, 1.165) is 23.7 Å². The molecule has 0 nitrogen and oxygen atoms in total. The molecule has 0 bridgehead atoms. The average Bonchev–Trinajstić information content (AvgIpc) is 2.65. The maximum atomic E-state index is 2.50. The topological polar surface area (TPSA) is 0 Å². The van der Waals surface area contributed by atoms with E-state index in [9.17, 15) is 0 Å². The van der Waals surface area contributed by atoms with E-state index in [0.29, 0.717) is 5.41 Å². The fraction of sp³-hybridized carbons (Fsp3) is 1.00. The average molecular weight is 210 g/mol. The Labute approximate surface area is 96.8 Å². The van der Waals surface area contributed by atoms with E-state index in [1.807, 2.05) is 0 Å². The van der Waals surface area contributed by atoms with Gasteiger partial charge in [0, 0.05) is 0 Å². The lowest BCUT2D eigenvalue weighted by molar-refractivity contribution is 0.291. The van der Waals surface area contributed by atoms with E-state index in [1.165, 1.54) is 25.7 Å². The van der Waals surface area contributed by atoms with E-state index >= 15 is 0 Å². The van der Waals surface area contributed by atoms with Gasteiger partial charge in [-0.05, 0) is 29.1 Å². The molecule has 0 aliphatic heterocycles. The van der Waals surface area contributed by atoms with Crippen molar-refractivity contribution >= 4 is 0 Å². The predicted molar refractivity (Wildman–Crippen MR) is 68.9 cm³/mol. The minimum absolute atomic E-state index is 0.665. The fourth-order valence-electron chi connectivity index (χ4n) is 3.23. The Kier molecular flexibility index (Phi) is 4.26. The third-order valence-electron chi connectivity index (χ3n) is 5.33. The van der Waals surface area contributed by atoms with Crippen molar-refractivity contribution in [1.82, 2.24) is 0 Å². The first-order valence-corrected chi connectivity index (χ1v) is 6.90. The highest BCUT2D eigenvalue weighted by Gasteiger charge is 2.57. The molecule has 0 spiro atoms. The molecule has 1 aliphatic carbocycles. The van der Waals surface area contributed by atoms with Crippen molar-refractivity contribution in [3.05, 3.63) is 0 Å². The molecule has 3 atom stereocenters. The van der Waals surface area contributed by atoms with E-state index in [1.54, 1.807) is 0 Å². The summed E-state index contributed by atoms with van der Waals surface area (Å²) in [5, 5.41) is 0. The van der Waals surface area contributed by atoms with Gasteiger partial charge in [-0.3, -0.25) is 0 Å². The van der Waals surface area contributed by atoms with Gasteiger partial charge in [-0.25, -0.2) is 0 Å². The smallest absolute Gasteiger partial charge is 0.0243 e. The Morgan fingerprint density at radius 3 is 1.80 bits per heavy atom. The number of hydrogen-bond donors (Lipinski definition) is 0. The van der Waals surface area contributed by atoms with Gasteiger partial charge in [-0.2, -0.15) is 0 Å². The highest BCUT2D eigenvalue weighted by molar-refractivity contribution is 5.05. The summed E-state index contributed by atoms with van der Waals surface area (Å²) in [6, 6.07) is 0. The molecule has 1 fully saturated rings. The van der Waals surface area contributed by atoms with E-state index in [-0.39, 0.29) is 0 Å². The Morgan fingerprint density at radius 2 is 1.40 bits per heavy atom. The van der Waals surface area contributed by atoms with Crippen LogP contribution in [0.1, 0.15) is 67.2 Å². The Balaban J connectivity index is 2.17. The summed E-state index contributed by atoms with van der Waals surface area (Å²) < 4.78 is 0. The van der Waals surface area contributed by atoms with Crippen LogP contribution in [0.5, 0.6) is 0 Å². The van der Waals surface area contributed by atoms with Crippen molar-refractivity contribution in [2.75, 3.05) is 0 Å². The minimum Gasteiger partial charge on any atom is -0.0628 e. The maximum absolute atomic E-state index is 2.50. The van der Waals surface area contributed by atoms with Gasteiger partial charge in [0.05, 0.1) is 0 Å². The van der Waals surface area contributed by atoms with Crippen LogP contribution < -0.4 is 0 Å². The van der Waals surface area contributed by atoms with Crippen molar-refractivity contribution < 1.29 is 0 Å². The van der Waals surface area contributed by atoms with Gasteiger partial charge in [-0.15, -0.1) is 0 Å². The standard InChI is InChI=1S/C15H30/c1-11(2)9-7-8-10-12(3)15(6)13(4)14(15)5/h11-14H,7-10H2,1-6H3. The van der Waals surface area contributed by atoms with Crippen LogP contribution in [-0.2, 0) is 0 Å². The first-order valence-electron chi connectivity index (χ1n) is 6.90. The van der Waals surface area contributed by atoms with Crippen molar-refractivity contribution in [3.8, 4) is 0 Å². The molecule has 0 aromatic carbocycles. The zero-order valence-corrected chi connectivity index (χ0v) is 11.6. The summed E-state index contributed by atoms with van der Waals surface area (Å²) in [4.78, 5) is 0. The lowest BCUT2D eigenvalue weighted by Crippen LogP contribution is -2.12. The molecule has 15 heavy (non-hydrogen) atoms. The van der Waals surface area contributed by atoms with Crippen molar-refractivity contribution in [3.63, 3.8) is 0 Å². The van der Waals surface area contributed by atoms with Crippen LogP contribution in [0.2, 0.25) is 0 Å². The summed E-state index contributed by atoms with van der Waals surface area (Å²) in [6.45, 7) is 14.5. The highest BCUT2D eigenvalue weighted by Crippen LogP contribution is 2.63. The number of unbranched alkanes of at least 4 members (excludes halogenated alkanes) is 1. The molecular weight excluding hydrogens is 180 g/mol. The molecular formula is C15H30. The normalized spacial score (nSPS) is 37.0. The van der Waals surface area contributed by atoms with Crippen molar-refractivity contribution in [2.24, 2.45) is 29.1 Å². The zero-order valence-electron chi connectivity index (χ0n) is 11.6. The summed E-state index contributed by atoms with van der Waals surface area (Å²) in [7, 11) is 0. The van der Waals surface area contributed by atoms with Crippen LogP contribution in [0.4, 0.5) is 0 Å². The number of rotatable bonds is 6. The SMILES string of the molecule is CC(C)CCCCC(C)C1(C)C(C)C1C. The van der Waals surface area contributed by atoms with Gasteiger partial charge in [-0.1, -0.05) is 67.2 Å². The van der Waals surface area contributed by atoms with Gasteiger partial charge in [0.15, 0.2) is 0 Å². The summed E-state index contributed by atoms with van der Waals surface area (Å²) in [5.41, 5.74) is 0.665. The second-order valence-electron chi connectivity index (χ2n) is 6.52. The van der Waals surface area contributed by atoms with Crippen LogP contribution in [0, 0.1) is 29.1 Å². The Morgan fingerprint density at radius 1 is 0.933 bits per heavy atom. The molecule has 0 saturated heterocycles. The summed E-state index contributed by atoms with van der Waals surface area (Å²) in [5.74, 6) is 3.72. The second-order valence-corrected chi connectivity index (χ2v) is 6.52. The lowest BCUT2D eigenvalue weighted by atomic mass is 9.84. The Hall–Kier alpha value is 0. The summed E-state index contributed by atoms with van der Waals surface area (Å²) in [6.07, 6.45) is 5.72. The predicted octanol–water partition coefficient (Wildman–Crippen LogP) is 5.13. The molecule has 0 radical (unpaired) electrons. The number of hydrogen-bond acceptors (Lipinski definition) is 0. The van der Waals surface area contributed by atoms with Gasteiger partial charge >= 0.3 is 0 Å². The van der Waals surface area contributed by atoms with E-state index < -0.39 is 0 Å². The highest BCUT2D eigenvalue weighted by atomic mass is 14.6. The molecule has 1 aliphatic rings. The van der Waals surface area contributed by atoms with Crippen molar-refractivity contribution in [2.45, 2.75) is 67.2 Å². The van der Waals surface area contributed by atoms with E-state index in [2.05, 4.69) is 41.5 Å². The molecule has 0 amide bonds. The van der Waals surface area contributed by atoms with E-state index in [4.69, 9.17) is 0 Å². The molecule has 3 unspecified atom stereocenters. The van der Waals surface area contributed by atoms with Crippen LogP contribution in [0.15, 0.2) is 0 Å². The third kappa shape index (κ3) is 2.77. The summed E-state index contributed by atoms with van der Waals surface area (Å²) >= 11 is 0. The Bertz CT molecular complexity index is 184. The first kappa shape index (κ1) is 13.1. The molecule has 0 aromatic rings. The maximum Gasteiger partial charge on any atom is -0.0243 e. The lowest BCUT2D eigenvalue weighted by Gasteiger charge is -2.21. The fourth-order valence-corrected chi connectivity index (χ4v) is 3.23.